The van der Waals surface area contributed by atoms with Crippen molar-refractivity contribution >= 4 is 16.5 Å². The topological polar surface area (TPSA) is 41.1 Å². The number of nitrogens with one attached hydrogen (secondary N) is 1. The Morgan fingerprint density at radius 1 is 1.16 bits per heavy atom. The van der Waals surface area contributed by atoms with Crippen molar-refractivity contribution in [2.24, 2.45) is 5.92 Å². The summed E-state index contributed by atoms with van der Waals surface area (Å²) >= 11 is 1.68. The highest BCUT2D eigenvalue weighted by Crippen LogP contribution is 2.18. The molecule has 0 bridgehead atoms. The van der Waals surface area contributed by atoms with Gasteiger partial charge in [-0.2, -0.15) is 0 Å². The van der Waals surface area contributed by atoms with E-state index in [4.69, 9.17) is 0 Å². The van der Waals surface area contributed by atoms with E-state index >= 15 is 0 Å². The summed E-state index contributed by atoms with van der Waals surface area (Å²) in [5, 5.41) is 13.8. The fourth-order valence-electron chi connectivity index (χ4n) is 2.03. The molecule has 0 saturated carbocycles. The number of nitrogens with zero attached hydrogens (tertiary/aromatic N) is 3. The average molecular weight is 284 g/mol. The fourth-order valence-corrected chi connectivity index (χ4v) is 2.84. The molecule has 0 radical (unpaired) electrons. The molecule has 1 N–H and O–H groups in total. The Kier molecular flexibility index (Phi) is 7.98. The predicted octanol–water partition coefficient (Wildman–Crippen LogP) is 3.62. The second-order valence-electron chi connectivity index (χ2n) is 4.94. The van der Waals surface area contributed by atoms with Crippen LogP contribution in [0.4, 0.5) is 5.13 Å². The molecular formula is C14H28N4S. The van der Waals surface area contributed by atoms with E-state index in [-0.39, 0.29) is 0 Å². The lowest BCUT2D eigenvalue weighted by molar-refractivity contribution is 0.225. The largest absolute Gasteiger partial charge is 0.360 e. The Labute approximate surface area is 121 Å². The van der Waals surface area contributed by atoms with Crippen LogP contribution >= 0.6 is 11.3 Å². The minimum atomic E-state index is 0.797. The Bertz CT molecular complexity index is 336. The SMILES string of the molecule is CCCNc1nnc(CN(CC)CC(CC)CC)s1. The van der Waals surface area contributed by atoms with Crippen molar-refractivity contribution in [2.75, 3.05) is 25.0 Å². The zero-order valence-corrected chi connectivity index (χ0v) is 13.6. The number of rotatable bonds is 10. The minimum Gasteiger partial charge on any atom is -0.360 e. The smallest absolute Gasteiger partial charge is 0.205 e. The molecule has 110 valence electrons. The van der Waals surface area contributed by atoms with Gasteiger partial charge in [-0.1, -0.05) is 51.9 Å². The van der Waals surface area contributed by atoms with E-state index in [0.717, 1.165) is 42.1 Å². The van der Waals surface area contributed by atoms with Crippen molar-refractivity contribution in [2.45, 2.75) is 53.5 Å². The number of hydrogen-bond donors (Lipinski definition) is 1. The van der Waals surface area contributed by atoms with Gasteiger partial charge in [0, 0.05) is 13.1 Å². The van der Waals surface area contributed by atoms with Crippen molar-refractivity contribution in [1.82, 2.24) is 15.1 Å². The lowest BCUT2D eigenvalue weighted by atomic mass is 10.0. The standard InChI is InChI=1S/C14H28N4S/c1-5-9-15-14-17-16-13(19-14)11-18(8-4)10-12(6-2)7-3/h12H,5-11H2,1-4H3,(H,15,17). The maximum atomic E-state index is 4.28. The molecule has 0 aliphatic rings. The van der Waals surface area contributed by atoms with Gasteiger partial charge in [0.15, 0.2) is 0 Å². The van der Waals surface area contributed by atoms with Crippen LogP contribution in [0.1, 0.15) is 52.0 Å². The maximum absolute atomic E-state index is 4.28. The van der Waals surface area contributed by atoms with Crippen LogP contribution in [-0.2, 0) is 6.54 Å². The molecule has 5 heteroatoms. The van der Waals surface area contributed by atoms with Crippen LogP contribution in [0.3, 0.4) is 0 Å². The third kappa shape index (κ3) is 5.87. The molecule has 0 unspecified atom stereocenters. The molecule has 0 saturated heterocycles. The summed E-state index contributed by atoms with van der Waals surface area (Å²) in [5.74, 6) is 0.797. The highest BCUT2D eigenvalue weighted by atomic mass is 32.1. The lowest BCUT2D eigenvalue weighted by Crippen LogP contribution is -2.28. The van der Waals surface area contributed by atoms with E-state index in [2.05, 4.69) is 48.1 Å². The first-order valence-electron chi connectivity index (χ1n) is 7.51. The molecule has 0 aliphatic heterocycles. The monoisotopic (exact) mass is 284 g/mol. The normalized spacial score (nSPS) is 11.5. The summed E-state index contributed by atoms with van der Waals surface area (Å²) in [6, 6.07) is 0. The second-order valence-corrected chi connectivity index (χ2v) is 6.00. The summed E-state index contributed by atoms with van der Waals surface area (Å²) in [6.45, 7) is 13.1. The van der Waals surface area contributed by atoms with Crippen molar-refractivity contribution in [3.05, 3.63) is 5.01 Å². The quantitative estimate of drug-likeness (QED) is 0.712. The molecule has 1 rings (SSSR count). The van der Waals surface area contributed by atoms with E-state index in [1.807, 2.05) is 0 Å². The molecule has 1 aromatic rings. The van der Waals surface area contributed by atoms with Gasteiger partial charge >= 0.3 is 0 Å². The lowest BCUT2D eigenvalue weighted by Gasteiger charge is -2.23. The fraction of sp³-hybridized carbons (Fsp3) is 0.857. The number of anilines is 1. The van der Waals surface area contributed by atoms with Crippen LogP contribution in [0.2, 0.25) is 0 Å². The molecule has 0 aliphatic carbocycles. The van der Waals surface area contributed by atoms with E-state index in [1.165, 1.54) is 19.4 Å². The summed E-state index contributed by atoms with van der Waals surface area (Å²) < 4.78 is 0. The van der Waals surface area contributed by atoms with Crippen LogP contribution < -0.4 is 5.32 Å². The summed E-state index contributed by atoms with van der Waals surface area (Å²) in [5.41, 5.74) is 0. The molecular weight excluding hydrogens is 256 g/mol. The third-order valence-electron chi connectivity index (χ3n) is 3.47. The molecule has 4 nitrogen and oxygen atoms in total. The van der Waals surface area contributed by atoms with Crippen LogP contribution in [0.25, 0.3) is 0 Å². The molecule has 0 aromatic carbocycles. The van der Waals surface area contributed by atoms with Gasteiger partial charge in [0.1, 0.15) is 5.01 Å². The second kappa shape index (κ2) is 9.26. The summed E-state index contributed by atoms with van der Waals surface area (Å²) in [6.07, 6.45) is 3.63. The van der Waals surface area contributed by atoms with Crippen molar-refractivity contribution < 1.29 is 0 Å². The van der Waals surface area contributed by atoms with Gasteiger partial charge in [-0.15, -0.1) is 10.2 Å². The van der Waals surface area contributed by atoms with Crippen molar-refractivity contribution in [3.63, 3.8) is 0 Å². The molecule has 1 heterocycles. The summed E-state index contributed by atoms with van der Waals surface area (Å²) in [7, 11) is 0. The minimum absolute atomic E-state index is 0.797. The Morgan fingerprint density at radius 2 is 1.89 bits per heavy atom. The average Bonchev–Trinajstić information content (AvgIpc) is 2.88. The number of aromatic nitrogens is 2. The first-order chi connectivity index (χ1) is 9.23. The Balaban J connectivity index is 2.48. The van der Waals surface area contributed by atoms with Crippen molar-refractivity contribution in [3.8, 4) is 0 Å². The van der Waals surface area contributed by atoms with Crippen LogP contribution in [0.15, 0.2) is 0 Å². The van der Waals surface area contributed by atoms with Gasteiger partial charge in [-0.05, 0) is 18.9 Å². The molecule has 0 amide bonds. The van der Waals surface area contributed by atoms with Gasteiger partial charge in [0.05, 0.1) is 6.54 Å². The zero-order valence-electron chi connectivity index (χ0n) is 12.8. The van der Waals surface area contributed by atoms with Gasteiger partial charge < -0.3 is 5.32 Å². The van der Waals surface area contributed by atoms with Gasteiger partial charge in [0.2, 0.25) is 5.13 Å². The first kappa shape index (κ1) is 16.4. The molecule has 1 aromatic heterocycles. The maximum Gasteiger partial charge on any atom is 0.205 e. The predicted molar refractivity (Wildman–Crippen MR) is 83.7 cm³/mol. The molecule has 0 spiro atoms. The van der Waals surface area contributed by atoms with Gasteiger partial charge in [0.25, 0.3) is 0 Å². The molecule has 19 heavy (non-hydrogen) atoms. The first-order valence-corrected chi connectivity index (χ1v) is 8.33. The van der Waals surface area contributed by atoms with Crippen LogP contribution in [-0.4, -0.2) is 34.7 Å². The van der Waals surface area contributed by atoms with Crippen LogP contribution in [0, 0.1) is 5.92 Å². The van der Waals surface area contributed by atoms with Gasteiger partial charge in [-0.3, -0.25) is 4.90 Å². The van der Waals surface area contributed by atoms with E-state index in [0.29, 0.717) is 0 Å². The zero-order chi connectivity index (χ0) is 14.1. The third-order valence-corrected chi connectivity index (χ3v) is 4.34. The Morgan fingerprint density at radius 3 is 2.47 bits per heavy atom. The van der Waals surface area contributed by atoms with E-state index in [1.54, 1.807) is 11.3 Å². The highest BCUT2D eigenvalue weighted by Gasteiger charge is 2.12. The highest BCUT2D eigenvalue weighted by molar-refractivity contribution is 7.15. The van der Waals surface area contributed by atoms with E-state index in [9.17, 15) is 0 Å². The Hall–Kier alpha value is -0.680. The van der Waals surface area contributed by atoms with Crippen molar-refractivity contribution in [1.29, 1.82) is 0 Å². The summed E-state index contributed by atoms with van der Waals surface area (Å²) in [4.78, 5) is 2.47. The van der Waals surface area contributed by atoms with Crippen LogP contribution in [0.5, 0.6) is 0 Å². The van der Waals surface area contributed by atoms with Gasteiger partial charge in [-0.25, -0.2) is 0 Å². The number of hydrogen-bond acceptors (Lipinski definition) is 5. The molecule has 0 atom stereocenters. The van der Waals surface area contributed by atoms with E-state index < -0.39 is 0 Å². The molecule has 0 fully saturated rings.